The minimum absolute atomic E-state index is 0.0174. The standard InChI is InChI=1S/C36H62N2O3/c1-23(2)24-14-18-32(3)20-21-35(6)25(29(24)32)12-13-28-33(4)16-10-17-34(5,27(33)15-19-36(28,35)7)31(41)38-26(30(39)40)11-8-9-22-37/h23-29H,8-22,37H2,1-7H3,(H,38,41)(H,39,40)/t24-,25+,26-,27+,28-,29+,32+,33-,34-,35+,36+/m0/s1. The highest BCUT2D eigenvalue weighted by atomic mass is 16.4. The average Bonchev–Trinajstić information content (AvgIpc) is 3.26. The summed E-state index contributed by atoms with van der Waals surface area (Å²) in [5.41, 5.74) is 6.45. The van der Waals surface area contributed by atoms with Crippen molar-refractivity contribution < 1.29 is 14.7 Å². The quantitative estimate of drug-likeness (QED) is 0.260. The van der Waals surface area contributed by atoms with Crippen molar-refractivity contribution in [3.63, 3.8) is 0 Å². The Bertz CT molecular complexity index is 1010. The highest BCUT2D eigenvalue weighted by Gasteiger charge is 2.70. The van der Waals surface area contributed by atoms with Gasteiger partial charge in [0.25, 0.3) is 0 Å². The summed E-state index contributed by atoms with van der Waals surface area (Å²) in [6.45, 7) is 18.2. The van der Waals surface area contributed by atoms with E-state index in [4.69, 9.17) is 5.73 Å². The van der Waals surface area contributed by atoms with E-state index < -0.39 is 17.4 Å². The number of amides is 1. The summed E-state index contributed by atoms with van der Waals surface area (Å²) in [5.74, 6) is 3.32. The van der Waals surface area contributed by atoms with Crippen LogP contribution in [0.2, 0.25) is 0 Å². The van der Waals surface area contributed by atoms with E-state index >= 15 is 0 Å². The van der Waals surface area contributed by atoms with Gasteiger partial charge in [0, 0.05) is 5.41 Å². The number of unbranched alkanes of at least 4 members (excludes halogenated alkanes) is 1. The molecule has 0 aromatic heterocycles. The average molecular weight is 571 g/mol. The predicted molar refractivity (Wildman–Crippen MR) is 166 cm³/mol. The van der Waals surface area contributed by atoms with Crippen molar-refractivity contribution in [1.82, 2.24) is 5.32 Å². The third kappa shape index (κ3) is 4.63. The van der Waals surface area contributed by atoms with Crippen LogP contribution in [0.25, 0.3) is 0 Å². The number of carboxylic acid groups (broad SMARTS) is 1. The molecular weight excluding hydrogens is 508 g/mol. The highest BCUT2D eigenvalue weighted by Crippen LogP contribution is 2.77. The van der Waals surface area contributed by atoms with Crippen LogP contribution in [0.5, 0.6) is 0 Å². The van der Waals surface area contributed by atoms with Crippen LogP contribution in [-0.4, -0.2) is 29.6 Å². The largest absolute Gasteiger partial charge is 0.480 e. The Morgan fingerprint density at radius 2 is 1.59 bits per heavy atom. The van der Waals surface area contributed by atoms with E-state index in [9.17, 15) is 14.7 Å². The molecule has 5 nitrogen and oxygen atoms in total. The molecule has 0 radical (unpaired) electrons. The van der Waals surface area contributed by atoms with Crippen LogP contribution in [-0.2, 0) is 9.59 Å². The summed E-state index contributed by atoms with van der Waals surface area (Å²) < 4.78 is 0. The fourth-order valence-corrected chi connectivity index (χ4v) is 12.9. The molecule has 5 rings (SSSR count). The number of aliphatic carboxylic acids is 1. The van der Waals surface area contributed by atoms with Crippen molar-refractivity contribution >= 4 is 11.9 Å². The van der Waals surface area contributed by atoms with E-state index in [2.05, 4.69) is 53.8 Å². The maximum absolute atomic E-state index is 14.1. The number of fused-ring (bicyclic) bond motifs is 7. The molecule has 0 aromatic carbocycles. The Morgan fingerprint density at radius 1 is 0.854 bits per heavy atom. The van der Waals surface area contributed by atoms with E-state index in [0.717, 1.165) is 55.8 Å². The third-order valence-corrected chi connectivity index (χ3v) is 15.3. The van der Waals surface area contributed by atoms with Crippen molar-refractivity contribution in [1.29, 1.82) is 0 Å². The smallest absolute Gasteiger partial charge is 0.326 e. The van der Waals surface area contributed by atoms with Crippen molar-refractivity contribution in [3.8, 4) is 0 Å². The Hall–Kier alpha value is -1.10. The first-order chi connectivity index (χ1) is 19.2. The SMILES string of the molecule is CC(C)[C@@H]1CC[C@]2(C)CC[C@]3(C)[C@H](CC[C@H]4[C@@]5(C)CCC[C@](C)(C(=O)N[C@@H](CCCCN)C(=O)O)[C@@H]5CC[C@]43C)[C@@H]12. The lowest BCUT2D eigenvalue weighted by Gasteiger charge is -2.72. The molecule has 5 aliphatic rings. The molecular formula is C36H62N2O3. The lowest BCUT2D eigenvalue weighted by Crippen LogP contribution is -2.67. The van der Waals surface area contributed by atoms with Crippen molar-refractivity contribution in [2.45, 2.75) is 144 Å². The second-order valence-corrected chi connectivity index (χ2v) is 17.2. The summed E-state index contributed by atoms with van der Waals surface area (Å²) in [4.78, 5) is 26.1. The topological polar surface area (TPSA) is 92.4 Å². The summed E-state index contributed by atoms with van der Waals surface area (Å²) in [5, 5.41) is 12.9. The molecule has 0 aliphatic heterocycles. The van der Waals surface area contributed by atoms with Gasteiger partial charge >= 0.3 is 5.97 Å². The van der Waals surface area contributed by atoms with Crippen molar-refractivity contribution in [2.24, 2.45) is 68.3 Å². The highest BCUT2D eigenvalue weighted by molar-refractivity contribution is 5.87. The van der Waals surface area contributed by atoms with Gasteiger partial charge in [0.1, 0.15) is 6.04 Å². The fraction of sp³-hybridized carbons (Fsp3) is 0.944. The Labute approximate surface area is 250 Å². The van der Waals surface area contributed by atoms with E-state index in [-0.39, 0.29) is 11.3 Å². The normalized spacial score (nSPS) is 48.0. The number of carboxylic acids is 1. The molecule has 5 aliphatic carbocycles. The Morgan fingerprint density at radius 3 is 2.24 bits per heavy atom. The number of hydrogen-bond acceptors (Lipinski definition) is 3. The molecule has 4 N–H and O–H groups in total. The molecule has 41 heavy (non-hydrogen) atoms. The molecule has 234 valence electrons. The number of nitrogens with two attached hydrogens (primary N) is 1. The molecule has 0 spiro atoms. The van der Waals surface area contributed by atoms with Crippen molar-refractivity contribution in [2.75, 3.05) is 6.54 Å². The number of carbonyl (C=O) groups is 2. The van der Waals surface area contributed by atoms with Gasteiger partial charge in [-0.05, 0) is 147 Å². The van der Waals surface area contributed by atoms with Gasteiger partial charge < -0.3 is 16.2 Å². The maximum atomic E-state index is 14.1. The molecule has 0 saturated heterocycles. The molecule has 5 saturated carbocycles. The molecule has 0 unspecified atom stereocenters. The molecule has 0 heterocycles. The first-order valence-electron chi connectivity index (χ1n) is 17.4. The van der Waals surface area contributed by atoms with Crippen LogP contribution in [0.15, 0.2) is 0 Å². The molecule has 0 bridgehead atoms. The van der Waals surface area contributed by atoms with Gasteiger partial charge in [-0.2, -0.15) is 0 Å². The zero-order chi connectivity index (χ0) is 30.0. The van der Waals surface area contributed by atoms with Crippen LogP contribution in [0.3, 0.4) is 0 Å². The van der Waals surface area contributed by atoms with Crippen LogP contribution in [0.4, 0.5) is 0 Å². The van der Waals surface area contributed by atoms with Gasteiger partial charge in [0.15, 0.2) is 0 Å². The second-order valence-electron chi connectivity index (χ2n) is 17.2. The van der Waals surface area contributed by atoms with Gasteiger partial charge in [-0.25, -0.2) is 4.79 Å². The summed E-state index contributed by atoms with van der Waals surface area (Å²) >= 11 is 0. The molecule has 1 amide bonds. The zero-order valence-corrected chi connectivity index (χ0v) is 27.5. The Kier molecular flexibility index (Phi) is 8.26. The number of nitrogens with one attached hydrogen (secondary N) is 1. The summed E-state index contributed by atoms with van der Waals surface area (Å²) in [6, 6.07) is -0.820. The van der Waals surface area contributed by atoms with Crippen LogP contribution in [0.1, 0.15) is 138 Å². The molecule has 11 atom stereocenters. The third-order valence-electron chi connectivity index (χ3n) is 15.3. The fourth-order valence-electron chi connectivity index (χ4n) is 12.9. The number of hydrogen-bond donors (Lipinski definition) is 3. The van der Waals surface area contributed by atoms with E-state index in [0.29, 0.717) is 41.0 Å². The number of carbonyl (C=O) groups excluding carboxylic acids is 1. The molecule has 5 heteroatoms. The lowest BCUT2D eigenvalue weighted by molar-refractivity contribution is -0.237. The van der Waals surface area contributed by atoms with Gasteiger partial charge in [-0.3, -0.25) is 4.79 Å². The number of rotatable bonds is 8. The first kappa shape index (κ1) is 31.3. The summed E-state index contributed by atoms with van der Waals surface area (Å²) in [7, 11) is 0. The first-order valence-corrected chi connectivity index (χ1v) is 17.4. The van der Waals surface area contributed by atoms with E-state index in [1.165, 1.54) is 51.4 Å². The van der Waals surface area contributed by atoms with Crippen molar-refractivity contribution in [3.05, 3.63) is 0 Å². The molecule has 5 fully saturated rings. The maximum Gasteiger partial charge on any atom is 0.326 e. The van der Waals surface area contributed by atoms with Gasteiger partial charge in [-0.15, -0.1) is 0 Å². The van der Waals surface area contributed by atoms with Crippen LogP contribution >= 0.6 is 0 Å². The van der Waals surface area contributed by atoms with E-state index in [1.807, 2.05) is 0 Å². The minimum atomic E-state index is -0.920. The van der Waals surface area contributed by atoms with E-state index in [1.54, 1.807) is 0 Å². The Balaban J connectivity index is 1.42. The zero-order valence-electron chi connectivity index (χ0n) is 27.5. The van der Waals surface area contributed by atoms with Crippen LogP contribution in [0, 0.1) is 62.6 Å². The lowest BCUT2D eigenvalue weighted by atomic mass is 9.32. The second kappa shape index (κ2) is 10.8. The predicted octanol–water partition coefficient (Wildman–Crippen LogP) is 7.81. The van der Waals surface area contributed by atoms with Gasteiger partial charge in [0.2, 0.25) is 5.91 Å². The summed E-state index contributed by atoms with van der Waals surface area (Å²) in [6.07, 6.45) is 15.7. The molecule has 0 aromatic rings. The minimum Gasteiger partial charge on any atom is -0.480 e. The monoisotopic (exact) mass is 570 g/mol. The van der Waals surface area contributed by atoms with Crippen LogP contribution < -0.4 is 11.1 Å². The van der Waals surface area contributed by atoms with Gasteiger partial charge in [0.05, 0.1) is 0 Å². The van der Waals surface area contributed by atoms with Gasteiger partial charge in [-0.1, -0.05) is 54.9 Å².